The van der Waals surface area contributed by atoms with E-state index in [0.717, 1.165) is 27.6 Å². The summed E-state index contributed by atoms with van der Waals surface area (Å²) >= 11 is 0. The van der Waals surface area contributed by atoms with Gasteiger partial charge < -0.3 is 9.72 Å². The number of hydrogen-bond acceptors (Lipinski definition) is 3. The summed E-state index contributed by atoms with van der Waals surface area (Å²) in [5.41, 5.74) is 4.99. The lowest BCUT2D eigenvalue weighted by Crippen LogP contribution is -2.21. The molecule has 3 rings (SSSR count). The number of aromatic nitrogens is 1. The topological polar surface area (TPSA) is 59.2 Å². The van der Waals surface area contributed by atoms with Crippen molar-refractivity contribution >= 4 is 16.9 Å². The highest BCUT2D eigenvalue weighted by Gasteiger charge is 2.22. The smallest absolute Gasteiger partial charge is 0.344 e. The Labute approximate surface area is 140 Å². The van der Waals surface area contributed by atoms with Crippen molar-refractivity contribution < 1.29 is 9.53 Å². The first-order chi connectivity index (χ1) is 11.4. The van der Waals surface area contributed by atoms with Gasteiger partial charge in [-0.1, -0.05) is 24.3 Å². The maximum absolute atomic E-state index is 12.6. The number of ether oxygens (including phenoxy) is 1. The molecule has 0 saturated heterocycles. The monoisotopic (exact) mass is 321 g/mol. The van der Waals surface area contributed by atoms with E-state index in [0.29, 0.717) is 11.1 Å². The van der Waals surface area contributed by atoms with Crippen LogP contribution in [0.4, 0.5) is 0 Å². The fraction of sp³-hybridized carbons (Fsp3) is 0.200. The fourth-order valence-electron chi connectivity index (χ4n) is 2.99. The average molecular weight is 321 g/mol. The summed E-state index contributed by atoms with van der Waals surface area (Å²) in [4.78, 5) is 27.7. The highest BCUT2D eigenvalue weighted by atomic mass is 16.5. The van der Waals surface area contributed by atoms with Gasteiger partial charge in [0.25, 0.3) is 5.56 Å². The summed E-state index contributed by atoms with van der Waals surface area (Å²) in [6.07, 6.45) is 0. The minimum Gasteiger partial charge on any atom is -0.465 e. The molecule has 4 nitrogen and oxygen atoms in total. The largest absolute Gasteiger partial charge is 0.465 e. The molecule has 0 spiro atoms. The summed E-state index contributed by atoms with van der Waals surface area (Å²) in [5, 5.41) is 0.840. The van der Waals surface area contributed by atoms with Crippen LogP contribution in [0.3, 0.4) is 0 Å². The summed E-state index contributed by atoms with van der Waals surface area (Å²) < 4.78 is 4.86. The number of rotatable bonds is 2. The zero-order chi connectivity index (χ0) is 17.4. The van der Waals surface area contributed by atoms with Gasteiger partial charge in [0.1, 0.15) is 5.56 Å². The summed E-state index contributed by atoms with van der Waals surface area (Å²) in [7, 11) is 1.29. The predicted octanol–water partition coefficient (Wildman–Crippen LogP) is 3.91. The molecule has 0 aliphatic carbocycles. The molecule has 0 fully saturated rings. The van der Waals surface area contributed by atoms with Crippen LogP contribution in [0.15, 0.2) is 41.2 Å². The highest BCUT2D eigenvalue weighted by Crippen LogP contribution is 2.33. The van der Waals surface area contributed by atoms with Crippen LogP contribution >= 0.6 is 0 Å². The van der Waals surface area contributed by atoms with Crippen molar-refractivity contribution in [2.45, 2.75) is 20.8 Å². The van der Waals surface area contributed by atoms with Crippen molar-refractivity contribution in [1.29, 1.82) is 0 Å². The lowest BCUT2D eigenvalue weighted by Gasteiger charge is -2.15. The van der Waals surface area contributed by atoms with Gasteiger partial charge in [0.15, 0.2) is 0 Å². The van der Waals surface area contributed by atoms with Crippen molar-refractivity contribution in [3.8, 4) is 11.1 Å². The second-order valence-corrected chi connectivity index (χ2v) is 5.99. The first-order valence-electron chi connectivity index (χ1n) is 7.75. The van der Waals surface area contributed by atoms with Gasteiger partial charge >= 0.3 is 5.97 Å². The maximum atomic E-state index is 12.6. The third kappa shape index (κ3) is 2.50. The average Bonchev–Trinajstić information content (AvgIpc) is 2.55. The molecular weight excluding hydrogens is 302 g/mol. The number of nitrogens with one attached hydrogen (secondary N) is 1. The van der Waals surface area contributed by atoms with Crippen molar-refractivity contribution in [2.75, 3.05) is 7.11 Å². The molecule has 0 saturated carbocycles. The van der Waals surface area contributed by atoms with Crippen molar-refractivity contribution in [3.63, 3.8) is 0 Å². The molecule has 0 bridgehead atoms. The minimum absolute atomic E-state index is 0.0440. The van der Waals surface area contributed by atoms with Gasteiger partial charge in [-0.3, -0.25) is 4.79 Å². The van der Waals surface area contributed by atoms with Gasteiger partial charge in [0, 0.05) is 16.5 Å². The second kappa shape index (κ2) is 5.96. The predicted molar refractivity (Wildman–Crippen MR) is 95.6 cm³/mol. The molecule has 0 aliphatic rings. The molecule has 0 unspecified atom stereocenters. The number of aryl methyl sites for hydroxylation is 3. The molecule has 0 atom stereocenters. The van der Waals surface area contributed by atoms with Crippen molar-refractivity contribution in [2.24, 2.45) is 0 Å². The Kier molecular flexibility index (Phi) is 3.97. The molecule has 0 aliphatic heterocycles. The number of esters is 1. The quantitative estimate of drug-likeness (QED) is 0.728. The molecule has 0 radical (unpaired) electrons. The lowest BCUT2D eigenvalue weighted by molar-refractivity contribution is 0.0600. The Hall–Kier alpha value is -2.88. The highest BCUT2D eigenvalue weighted by molar-refractivity contribution is 6.07. The summed E-state index contributed by atoms with van der Waals surface area (Å²) in [5.74, 6) is -0.630. The van der Waals surface area contributed by atoms with Crippen LogP contribution in [0, 0.1) is 20.8 Å². The number of carbonyl (C=O) groups excluding carboxylic acids is 1. The Bertz CT molecular complexity index is 1020. The first-order valence-corrected chi connectivity index (χ1v) is 7.75. The minimum atomic E-state index is -0.630. The molecule has 1 N–H and O–H groups in total. The third-order valence-corrected chi connectivity index (χ3v) is 4.43. The number of hydrogen-bond donors (Lipinski definition) is 1. The number of carbonyl (C=O) groups is 1. The Morgan fingerprint density at radius 3 is 2.33 bits per heavy atom. The second-order valence-electron chi connectivity index (χ2n) is 5.99. The Morgan fingerprint density at radius 2 is 1.67 bits per heavy atom. The van der Waals surface area contributed by atoms with Crippen LogP contribution in [-0.2, 0) is 4.74 Å². The van der Waals surface area contributed by atoms with Crippen LogP contribution in [0.5, 0.6) is 0 Å². The number of methoxy groups -OCH3 is 1. The Balaban J connectivity index is 2.55. The zero-order valence-electron chi connectivity index (χ0n) is 14.2. The number of benzene rings is 2. The van der Waals surface area contributed by atoms with E-state index in [1.807, 2.05) is 57.2 Å². The SMILES string of the molecule is COC(=O)c1c(-c2ccccc2C)c2cc(C)c(C)cc2[nH]c1=O. The van der Waals surface area contributed by atoms with Gasteiger partial charge in [-0.05, 0) is 55.2 Å². The zero-order valence-corrected chi connectivity index (χ0v) is 14.2. The number of aromatic amines is 1. The summed E-state index contributed by atoms with van der Waals surface area (Å²) in [6, 6.07) is 11.7. The molecule has 1 heterocycles. The molecule has 2 aromatic carbocycles. The number of fused-ring (bicyclic) bond motifs is 1. The number of H-pyrrole nitrogens is 1. The normalized spacial score (nSPS) is 10.8. The van der Waals surface area contributed by atoms with E-state index in [-0.39, 0.29) is 5.56 Å². The molecule has 1 aromatic heterocycles. The van der Waals surface area contributed by atoms with Crippen LogP contribution < -0.4 is 5.56 Å². The van der Waals surface area contributed by atoms with E-state index in [2.05, 4.69) is 4.98 Å². The van der Waals surface area contributed by atoms with Crippen molar-refractivity contribution in [1.82, 2.24) is 4.98 Å². The molecular formula is C20H19NO3. The molecule has 4 heteroatoms. The fourth-order valence-corrected chi connectivity index (χ4v) is 2.99. The van der Waals surface area contributed by atoms with Gasteiger partial charge in [-0.15, -0.1) is 0 Å². The van der Waals surface area contributed by atoms with Crippen molar-refractivity contribution in [3.05, 3.63) is 69.0 Å². The molecule has 3 aromatic rings. The van der Waals surface area contributed by atoms with E-state index in [1.54, 1.807) is 0 Å². The van der Waals surface area contributed by atoms with Crippen LogP contribution in [-0.4, -0.2) is 18.1 Å². The molecule has 122 valence electrons. The van der Waals surface area contributed by atoms with E-state index in [4.69, 9.17) is 4.74 Å². The first kappa shape index (κ1) is 16.0. The number of pyridine rings is 1. The third-order valence-electron chi connectivity index (χ3n) is 4.43. The molecule has 0 amide bonds. The van der Waals surface area contributed by atoms with E-state index < -0.39 is 11.5 Å². The van der Waals surface area contributed by atoms with E-state index in [1.165, 1.54) is 7.11 Å². The Morgan fingerprint density at radius 1 is 1.00 bits per heavy atom. The van der Waals surface area contributed by atoms with E-state index in [9.17, 15) is 9.59 Å². The maximum Gasteiger partial charge on any atom is 0.344 e. The summed E-state index contributed by atoms with van der Waals surface area (Å²) in [6.45, 7) is 5.97. The molecule has 24 heavy (non-hydrogen) atoms. The van der Waals surface area contributed by atoms with E-state index >= 15 is 0 Å². The van der Waals surface area contributed by atoms with Crippen LogP contribution in [0.2, 0.25) is 0 Å². The standard InChI is InChI=1S/C20H19NO3/c1-11-7-5-6-8-14(11)17-15-9-12(2)13(3)10-16(15)21-19(22)18(17)20(23)24-4/h5-10H,1-4H3,(H,21,22). The van der Waals surface area contributed by atoms with Gasteiger partial charge in [0.05, 0.1) is 7.11 Å². The van der Waals surface area contributed by atoms with Gasteiger partial charge in [0.2, 0.25) is 0 Å². The van der Waals surface area contributed by atoms with Gasteiger partial charge in [-0.25, -0.2) is 4.79 Å². The van der Waals surface area contributed by atoms with Crippen LogP contribution in [0.25, 0.3) is 22.0 Å². The van der Waals surface area contributed by atoms with Crippen LogP contribution in [0.1, 0.15) is 27.0 Å². The van der Waals surface area contributed by atoms with Gasteiger partial charge in [-0.2, -0.15) is 0 Å². The lowest BCUT2D eigenvalue weighted by atomic mass is 9.91.